The molecule has 1 unspecified atom stereocenters. The molecule has 5 nitrogen and oxygen atoms in total. The minimum atomic E-state index is -1.14. The van der Waals surface area contributed by atoms with Gasteiger partial charge in [-0.1, -0.05) is 23.2 Å². The average Bonchev–Trinajstić information content (AvgIpc) is 2.33. The van der Waals surface area contributed by atoms with Crippen molar-refractivity contribution in [3.8, 4) is 0 Å². The fraction of sp³-hybridized carbons (Fsp3) is 0.333. The van der Waals surface area contributed by atoms with Gasteiger partial charge in [-0.3, -0.25) is 0 Å². The highest BCUT2D eigenvalue weighted by molar-refractivity contribution is 7.98. The van der Waals surface area contributed by atoms with E-state index in [1.165, 1.54) is 12.1 Å². The van der Waals surface area contributed by atoms with Crippen molar-refractivity contribution < 1.29 is 14.7 Å². The third-order valence-corrected chi connectivity index (χ3v) is 3.75. The molecular weight excluding hydrogens is 323 g/mol. The first-order valence-corrected chi connectivity index (χ1v) is 7.79. The van der Waals surface area contributed by atoms with E-state index in [0.717, 1.165) is 5.75 Å². The maximum absolute atomic E-state index is 11.8. The molecule has 0 saturated heterocycles. The molecule has 0 aliphatic heterocycles. The Bertz CT molecular complexity index is 502. The third-order valence-electron chi connectivity index (χ3n) is 2.32. The number of carboxylic acid groups (broad SMARTS) is 1. The predicted octanol–water partition coefficient (Wildman–Crippen LogP) is 3.56. The molecule has 2 amide bonds. The number of carbonyl (C=O) groups is 2. The van der Waals surface area contributed by atoms with Crippen LogP contribution in [-0.2, 0) is 0 Å². The van der Waals surface area contributed by atoms with Gasteiger partial charge in [0.25, 0.3) is 0 Å². The number of carbonyl (C=O) groups excluding carboxylic acids is 1. The molecule has 20 heavy (non-hydrogen) atoms. The molecule has 0 radical (unpaired) electrons. The zero-order chi connectivity index (χ0) is 15.3. The normalized spacial score (nSPS) is 11.8. The van der Waals surface area contributed by atoms with Crippen LogP contribution in [0.2, 0.25) is 10.0 Å². The van der Waals surface area contributed by atoms with Crippen molar-refractivity contribution in [2.45, 2.75) is 13.0 Å². The maximum Gasteiger partial charge on any atom is 0.335 e. The Morgan fingerprint density at radius 1 is 1.35 bits per heavy atom. The molecule has 0 bridgehead atoms. The topological polar surface area (TPSA) is 78.4 Å². The van der Waals surface area contributed by atoms with Crippen LogP contribution in [0.5, 0.6) is 0 Å². The molecule has 1 aromatic carbocycles. The van der Waals surface area contributed by atoms with Crippen LogP contribution in [-0.4, -0.2) is 35.2 Å². The van der Waals surface area contributed by atoms with E-state index < -0.39 is 12.0 Å². The number of hydrogen-bond acceptors (Lipinski definition) is 3. The predicted molar refractivity (Wildman–Crippen MR) is 83.4 cm³/mol. The first-order chi connectivity index (χ1) is 9.35. The lowest BCUT2D eigenvalue weighted by Gasteiger charge is -2.15. The van der Waals surface area contributed by atoms with Crippen molar-refractivity contribution in [2.75, 3.05) is 17.3 Å². The number of thioether (sulfide) groups is 1. The van der Waals surface area contributed by atoms with Crippen molar-refractivity contribution in [1.82, 2.24) is 5.32 Å². The first kappa shape index (κ1) is 16.9. The first-order valence-electron chi connectivity index (χ1n) is 5.64. The van der Waals surface area contributed by atoms with E-state index in [4.69, 9.17) is 28.3 Å². The summed E-state index contributed by atoms with van der Waals surface area (Å²) in [6, 6.07) is 2.01. The molecule has 0 aliphatic rings. The van der Waals surface area contributed by atoms with Gasteiger partial charge in [0, 0.05) is 11.8 Å². The molecule has 3 N–H and O–H groups in total. The Morgan fingerprint density at radius 2 is 1.90 bits per heavy atom. The van der Waals surface area contributed by atoms with Gasteiger partial charge >= 0.3 is 12.0 Å². The van der Waals surface area contributed by atoms with E-state index in [1.807, 2.05) is 13.2 Å². The number of anilines is 1. The molecule has 1 atom stereocenters. The molecule has 110 valence electrons. The number of amides is 2. The number of aromatic carboxylic acids is 1. The zero-order valence-corrected chi connectivity index (χ0v) is 13.2. The molecule has 1 aromatic rings. The van der Waals surface area contributed by atoms with Gasteiger partial charge in [-0.15, -0.1) is 0 Å². The maximum atomic E-state index is 11.8. The molecule has 0 heterocycles. The SMILES string of the molecule is CSCC(C)NC(=O)Nc1c(Cl)cc(C(=O)O)cc1Cl. The summed E-state index contributed by atoms with van der Waals surface area (Å²) < 4.78 is 0. The lowest BCUT2D eigenvalue weighted by Crippen LogP contribution is -2.37. The Morgan fingerprint density at radius 3 is 2.35 bits per heavy atom. The minimum Gasteiger partial charge on any atom is -0.478 e. The summed E-state index contributed by atoms with van der Waals surface area (Å²) in [5, 5.41) is 14.2. The summed E-state index contributed by atoms with van der Waals surface area (Å²) in [4.78, 5) is 22.6. The summed E-state index contributed by atoms with van der Waals surface area (Å²) >= 11 is 13.5. The number of benzene rings is 1. The number of hydrogen-bond donors (Lipinski definition) is 3. The Hall–Kier alpha value is -1.11. The summed E-state index contributed by atoms with van der Waals surface area (Å²) in [7, 11) is 0. The lowest BCUT2D eigenvalue weighted by molar-refractivity contribution is 0.0697. The summed E-state index contributed by atoms with van der Waals surface area (Å²) in [6.45, 7) is 1.87. The molecule has 0 aromatic heterocycles. The minimum absolute atomic E-state index is 0.0131. The van der Waals surface area contributed by atoms with Crippen LogP contribution in [0.15, 0.2) is 12.1 Å². The Balaban J connectivity index is 2.82. The van der Waals surface area contributed by atoms with Crippen LogP contribution in [0.3, 0.4) is 0 Å². The van der Waals surface area contributed by atoms with Gasteiger partial charge in [-0.25, -0.2) is 9.59 Å². The van der Waals surface area contributed by atoms with E-state index in [1.54, 1.807) is 11.8 Å². The number of urea groups is 1. The van der Waals surface area contributed by atoms with Crippen molar-refractivity contribution in [3.63, 3.8) is 0 Å². The molecule has 0 aliphatic carbocycles. The van der Waals surface area contributed by atoms with E-state index in [9.17, 15) is 9.59 Å². The Kier molecular flexibility index (Phi) is 6.45. The average molecular weight is 337 g/mol. The van der Waals surface area contributed by atoms with Gasteiger partial charge in [-0.2, -0.15) is 11.8 Å². The highest BCUT2D eigenvalue weighted by atomic mass is 35.5. The van der Waals surface area contributed by atoms with Crippen LogP contribution in [0.1, 0.15) is 17.3 Å². The molecule has 8 heteroatoms. The number of rotatable bonds is 5. The zero-order valence-electron chi connectivity index (χ0n) is 10.9. The highest BCUT2D eigenvalue weighted by Crippen LogP contribution is 2.31. The van der Waals surface area contributed by atoms with Crippen molar-refractivity contribution in [3.05, 3.63) is 27.7 Å². The van der Waals surface area contributed by atoms with Gasteiger partial charge in [0.1, 0.15) is 0 Å². The second-order valence-electron chi connectivity index (χ2n) is 4.07. The van der Waals surface area contributed by atoms with Gasteiger partial charge in [0.15, 0.2) is 0 Å². The molecule has 0 fully saturated rings. The van der Waals surface area contributed by atoms with Gasteiger partial charge in [-0.05, 0) is 25.3 Å². The van der Waals surface area contributed by atoms with Gasteiger partial charge in [0.05, 0.1) is 21.3 Å². The lowest BCUT2D eigenvalue weighted by atomic mass is 10.2. The summed E-state index contributed by atoms with van der Waals surface area (Å²) in [6.07, 6.45) is 1.94. The monoisotopic (exact) mass is 336 g/mol. The van der Waals surface area contributed by atoms with Crippen molar-refractivity contribution in [2.24, 2.45) is 0 Å². The third kappa shape index (κ3) is 4.77. The standard InChI is InChI=1S/C12H14Cl2N2O3S/c1-6(5-20-2)15-12(19)16-10-8(13)3-7(11(17)18)4-9(10)14/h3-4,6H,5H2,1-2H3,(H,17,18)(H2,15,16,19). The highest BCUT2D eigenvalue weighted by Gasteiger charge is 2.15. The van der Waals surface area contributed by atoms with Crippen molar-refractivity contribution in [1.29, 1.82) is 0 Å². The summed E-state index contributed by atoms with van der Waals surface area (Å²) in [5.74, 6) is -0.370. The number of carboxylic acids is 1. The molecular formula is C12H14Cl2N2O3S. The number of nitrogens with one attached hydrogen (secondary N) is 2. The van der Waals surface area contributed by atoms with E-state index in [2.05, 4.69) is 10.6 Å². The largest absolute Gasteiger partial charge is 0.478 e. The van der Waals surface area contributed by atoms with Gasteiger partial charge in [0.2, 0.25) is 0 Å². The van der Waals surface area contributed by atoms with E-state index >= 15 is 0 Å². The fourth-order valence-electron chi connectivity index (χ4n) is 1.48. The van der Waals surface area contributed by atoms with Gasteiger partial charge < -0.3 is 15.7 Å². The van der Waals surface area contributed by atoms with Crippen LogP contribution in [0.4, 0.5) is 10.5 Å². The smallest absolute Gasteiger partial charge is 0.335 e. The quantitative estimate of drug-likeness (QED) is 0.768. The molecule has 0 saturated carbocycles. The summed E-state index contributed by atoms with van der Waals surface area (Å²) in [5.41, 5.74) is 0.147. The van der Waals surface area contributed by atoms with Crippen LogP contribution < -0.4 is 10.6 Å². The van der Waals surface area contributed by atoms with Crippen LogP contribution in [0, 0.1) is 0 Å². The van der Waals surface area contributed by atoms with Crippen LogP contribution in [0.25, 0.3) is 0 Å². The van der Waals surface area contributed by atoms with E-state index in [-0.39, 0.29) is 27.3 Å². The second kappa shape index (κ2) is 7.61. The molecule has 0 spiro atoms. The fourth-order valence-corrected chi connectivity index (χ4v) is 2.65. The number of halogens is 2. The molecule has 1 rings (SSSR count). The van der Waals surface area contributed by atoms with E-state index in [0.29, 0.717) is 0 Å². The Labute approximate surface area is 131 Å². The second-order valence-corrected chi connectivity index (χ2v) is 5.80. The van der Waals surface area contributed by atoms with Crippen molar-refractivity contribution >= 4 is 52.7 Å². The van der Waals surface area contributed by atoms with Crippen LogP contribution >= 0.6 is 35.0 Å².